The zero-order valence-electron chi connectivity index (χ0n) is 16.5. The highest BCUT2D eigenvalue weighted by atomic mass is 16.2. The van der Waals surface area contributed by atoms with Crippen molar-refractivity contribution in [2.45, 2.75) is 51.6 Å². The average molecular weight is 373 g/mol. The van der Waals surface area contributed by atoms with Crippen molar-refractivity contribution in [3.63, 3.8) is 0 Å². The first-order valence-corrected chi connectivity index (χ1v) is 10.2. The molecular weight excluding hydrogens is 340 g/mol. The molecule has 2 saturated heterocycles. The molecule has 148 valence electrons. The summed E-state index contributed by atoms with van der Waals surface area (Å²) in [7, 11) is 0. The van der Waals surface area contributed by atoms with Gasteiger partial charge in [0.1, 0.15) is 0 Å². The lowest BCUT2D eigenvalue weighted by molar-refractivity contribution is -0.128. The van der Waals surface area contributed by atoms with Gasteiger partial charge >= 0.3 is 0 Å². The summed E-state index contributed by atoms with van der Waals surface area (Å²) in [5, 5.41) is 6.04. The summed E-state index contributed by atoms with van der Waals surface area (Å²) in [6.07, 6.45) is 4.10. The van der Waals surface area contributed by atoms with E-state index in [1.165, 1.54) is 5.56 Å². The highest BCUT2D eigenvalue weighted by Gasteiger charge is 2.32. The number of nitrogens with one attached hydrogen (secondary N) is 2. The fourth-order valence-corrected chi connectivity index (χ4v) is 3.94. The van der Waals surface area contributed by atoms with Gasteiger partial charge in [0.05, 0.1) is 12.1 Å². The van der Waals surface area contributed by atoms with Crippen LogP contribution in [0.5, 0.6) is 0 Å². The summed E-state index contributed by atoms with van der Waals surface area (Å²) < 4.78 is 0. The summed E-state index contributed by atoms with van der Waals surface area (Å²) >= 11 is 0. The molecule has 3 rings (SSSR count). The van der Waals surface area contributed by atoms with Gasteiger partial charge in [0.2, 0.25) is 11.8 Å². The van der Waals surface area contributed by atoms with Crippen LogP contribution in [0.2, 0.25) is 0 Å². The van der Waals surface area contributed by atoms with Gasteiger partial charge in [0, 0.05) is 38.4 Å². The molecule has 2 atom stereocenters. The molecule has 27 heavy (non-hydrogen) atoms. The van der Waals surface area contributed by atoms with Crippen LogP contribution in [0.25, 0.3) is 0 Å². The number of anilines is 1. The number of nitrogens with zero attached hydrogens (tertiary/aromatic N) is 2. The van der Waals surface area contributed by atoms with Crippen molar-refractivity contribution in [1.29, 1.82) is 0 Å². The molecule has 2 heterocycles. The lowest BCUT2D eigenvalue weighted by atomic mass is 10.1. The number of amides is 2. The fraction of sp³-hybridized carbons (Fsp3) is 0.619. The van der Waals surface area contributed by atoms with Gasteiger partial charge in [-0.25, -0.2) is 0 Å². The van der Waals surface area contributed by atoms with Gasteiger partial charge in [-0.05, 0) is 50.3 Å². The Kier molecular flexibility index (Phi) is 6.85. The Hall–Kier alpha value is -1.92. The molecule has 2 fully saturated rings. The van der Waals surface area contributed by atoms with Crippen LogP contribution < -0.4 is 10.6 Å². The number of carbonyl (C=O) groups is 2. The van der Waals surface area contributed by atoms with Crippen molar-refractivity contribution in [2.24, 2.45) is 0 Å². The number of hydrogen-bond acceptors (Lipinski definition) is 4. The van der Waals surface area contributed by atoms with E-state index in [0.29, 0.717) is 0 Å². The Labute approximate surface area is 162 Å². The molecular formula is C21H32N4O2. The number of rotatable bonds is 5. The first kappa shape index (κ1) is 19.8. The molecule has 1 aromatic carbocycles. The molecule has 0 aromatic heterocycles. The summed E-state index contributed by atoms with van der Waals surface area (Å²) in [6, 6.07) is 7.85. The van der Waals surface area contributed by atoms with E-state index in [1.807, 2.05) is 19.1 Å². The normalized spacial score (nSPS) is 23.3. The highest BCUT2D eigenvalue weighted by Crippen LogP contribution is 2.17. The van der Waals surface area contributed by atoms with Gasteiger partial charge in [0.25, 0.3) is 0 Å². The predicted octanol–water partition coefficient (Wildman–Crippen LogP) is 1.86. The number of benzene rings is 1. The van der Waals surface area contributed by atoms with Crippen LogP contribution in [-0.2, 0) is 16.0 Å². The summed E-state index contributed by atoms with van der Waals surface area (Å²) in [6.45, 7) is 8.17. The molecule has 0 saturated carbocycles. The summed E-state index contributed by atoms with van der Waals surface area (Å²) in [5.74, 6) is 0.196. The van der Waals surface area contributed by atoms with E-state index in [1.54, 1.807) is 0 Å². The van der Waals surface area contributed by atoms with Gasteiger partial charge in [-0.1, -0.05) is 19.1 Å². The molecule has 0 unspecified atom stereocenters. The molecule has 6 nitrogen and oxygen atoms in total. The largest absolute Gasteiger partial charge is 0.355 e. The fourth-order valence-electron chi connectivity index (χ4n) is 3.94. The third kappa shape index (κ3) is 5.08. The van der Waals surface area contributed by atoms with E-state index in [0.717, 1.165) is 64.1 Å². The van der Waals surface area contributed by atoms with Gasteiger partial charge in [0.15, 0.2) is 0 Å². The Morgan fingerprint density at radius 3 is 2.56 bits per heavy atom. The first-order valence-electron chi connectivity index (χ1n) is 10.2. The zero-order valence-corrected chi connectivity index (χ0v) is 16.5. The lowest BCUT2D eigenvalue weighted by Crippen LogP contribution is -2.57. The van der Waals surface area contributed by atoms with E-state index in [2.05, 4.69) is 39.5 Å². The molecule has 0 spiro atoms. The minimum atomic E-state index is -0.180. The van der Waals surface area contributed by atoms with Gasteiger partial charge < -0.3 is 10.6 Å². The van der Waals surface area contributed by atoms with E-state index in [4.69, 9.17) is 0 Å². The highest BCUT2D eigenvalue weighted by molar-refractivity contribution is 5.94. The number of carbonyl (C=O) groups excluding carboxylic acids is 2. The molecule has 0 bridgehead atoms. The van der Waals surface area contributed by atoms with Crippen molar-refractivity contribution in [3.05, 3.63) is 29.8 Å². The van der Waals surface area contributed by atoms with E-state index in [9.17, 15) is 9.59 Å². The Morgan fingerprint density at radius 1 is 1.19 bits per heavy atom. The summed E-state index contributed by atoms with van der Waals surface area (Å²) in [4.78, 5) is 29.4. The third-order valence-corrected chi connectivity index (χ3v) is 5.85. The van der Waals surface area contributed by atoms with Crippen molar-refractivity contribution >= 4 is 17.5 Å². The second-order valence-corrected chi connectivity index (χ2v) is 7.59. The second kappa shape index (κ2) is 9.33. The average Bonchev–Trinajstić information content (AvgIpc) is 2.92. The number of hydrogen-bond donors (Lipinski definition) is 2. The van der Waals surface area contributed by atoms with Crippen molar-refractivity contribution in [1.82, 2.24) is 15.1 Å². The maximum absolute atomic E-state index is 12.6. The Balaban J connectivity index is 1.50. The molecule has 0 radical (unpaired) electrons. The van der Waals surface area contributed by atoms with Crippen LogP contribution in [0.3, 0.4) is 0 Å². The van der Waals surface area contributed by atoms with E-state index < -0.39 is 0 Å². The molecule has 2 N–H and O–H groups in total. The minimum absolute atomic E-state index is 0.00383. The molecule has 1 aromatic rings. The van der Waals surface area contributed by atoms with Gasteiger partial charge in [-0.15, -0.1) is 0 Å². The lowest BCUT2D eigenvalue weighted by Gasteiger charge is -2.40. The van der Waals surface area contributed by atoms with Gasteiger partial charge in [-0.3, -0.25) is 19.4 Å². The zero-order chi connectivity index (χ0) is 19.2. The Morgan fingerprint density at radius 2 is 1.89 bits per heavy atom. The summed E-state index contributed by atoms with van der Waals surface area (Å²) in [5.41, 5.74) is 2.11. The van der Waals surface area contributed by atoms with Crippen molar-refractivity contribution in [2.75, 3.05) is 38.0 Å². The SMILES string of the molecule is CCc1ccc(NC(=O)[C@@H](C)N2CCN([C@@H]3CCCCNC3=O)CC2)cc1. The maximum Gasteiger partial charge on any atom is 0.241 e. The van der Waals surface area contributed by atoms with Crippen molar-refractivity contribution < 1.29 is 9.59 Å². The standard InChI is InChI=1S/C21H32N4O2/c1-3-17-7-9-18(10-8-17)23-20(26)16(2)24-12-14-25(15-13-24)19-6-4-5-11-22-21(19)27/h7-10,16,19H,3-6,11-15H2,1-2H3,(H,22,27)(H,23,26)/t16-,19-/m1/s1. The maximum atomic E-state index is 12.6. The van der Waals surface area contributed by atoms with Crippen LogP contribution >= 0.6 is 0 Å². The molecule has 2 aliphatic heterocycles. The number of aryl methyl sites for hydroxylation is 1. The smallest absolute Gasteiger partial charge is 0.241 e. The minimum Gasteiger partial charge on any atom is -0.355 e. The van der Waals surface area contributed by atoms with Crippen LogP contribution in [0.1, 0.15) is 38.7 Å². The molecule has 0 aliphatic carbocycles. The van der Waals surface area contributed by atoms with Crippen LogP contribution in [0.15, 0.2) is 24.3 Å². The first-order chi connectivity index (χ1) is 13.1. The van der Waals surface area contributed by atoms with Gasteiger partial charge in [-0.2, -0.15) is 0 Å². The Bertz CT molecular complexity index is 638. The predicted molar refractivity (Wildman–Crippen MR) is 108 cm³/mol. The van der Waals surface area contributed by atoms with Crippen LogP contribution in [-0.4, -0.2) is 66.4 Å². The second-order valence-electron chi connectivity index (χ2n) is 7.59. The topological polar surface area (TPSA) is 64.7 Å². The molecule has 6 heteroatoms. The molecule has 2 amide bonds. The van der Waals surface area contributed by atoms with Crippen LogP contribution in [0.4, 0.5) is 5.69 Å². The van der Waals surface area contributed by atoms with Crippen molar-refractivity contribution in [3.8, 4) is 0 Å². The monoisotopic (exact) mass is 372 g/mol. The quantitative estimate of drug-likeness (QED) is 0.828. The third-order valence-electron chi connectivity index (χ3n) is 5.85. The van der Waals surface area contributed by atoms with E-state index in [-0.39, 0.29) is 23.9 Å². The van der Waals surface area contributed by atoms with Crippen LogP contribution in [0, 0.1) is 0 Å². The molecule has 2 aliphatic rings. The van der Waals surface area contributed by atoms with E-state index >= 15 is 0 Å². The number of piperazine rings is 1.